The van der Waals surface area contributed by atoms with Crippen LogP contribution in [0.2, 0.25) is 0 Å². The van der Waals surface area contributed by atoms with Crippen LogP contribution in [-0.4, -0.2) is 16.3 Å². The van der Waals surface area contributed by atoms with Crippen molar-refractivity contribution in [3.8, 4) is 11.6 Å². The van der Waals surface area contributed by atoms with Gasteiger partial charge in [0.1, 0.15) is 0 Å². The van der Waals surface area contributed by atoms with Crippen molar-refractivity contribution in [2.24, 2.45) is 0 Å². The van der Waals surface area contributed by atoms with Gasteiger partial charge in [-0.15, -0.1) is 0 Å². The smallest absolute Gasteiger partial charge is 0.195 e. The lowest BCUT2D eigenvalue weighted by Crippen LogP contribution is -1.90. The second kappa shape index (κ2) is 3.41. The predicted octanol–water partition coefficient (Wildman–Crippen LogP) is 1.86. The molecular weight excluding hydrogens is 180 g/mol. The summed E-state index contributed by atoms with van der Waals surface area (Å²) in [4.78, 5) is 18.4. The molecule has 0 aliphatic rings. The lowest BCUT2D eigenvalue weighted by Gasteiger charge is -1.96. The molecule has 0 amide bonds. The Morgan fingerprint density at radius 2 is 2.07 bits per heavy atom. The Morgan fingerprint density at radius 1 is 1.36 bits per heavy atom. The Kier molecular flexibility index (Phi) is 2.10. The van der Waals surface area contributed by atoms with Crippen molar-refractivity contribution >= 4 is 6.29 Å². The Morgan fingerprint density at radius 3 is 2.57 bits per heavy atom. The van der Waals surface area contributed by atoms with E-state index in [2.05, 4.69) is 9.97 Å². The van der Waals surface area contributed by atoms with Gasteiger partial charge in [0.2, 0.25) is 0 Å². The standard InChI is InChI=1S/C10H8N2O2/c1-7-2-3-14-9(7)10-11-4-8(6-13)5-12-10/h2-6H,1H3. The van der Waals surface area contributed by atoms with Crippen molar-refractivity contribution in [3.63, 3.8) is 0 Å². The van der Waals surface area contributed by atoms with Crippen LogP contribution in [-0.2, 0) is 0 Å². The highest BCUT2D eigenvalue weighted by Crippen LogP contribution is 2.19. The fourth-order valence-electron chi connectivity index (χ4n) is 1.12. The molecule has 0 bridgehead atoms. The minimum absolute atomic E-state index is 0.456. The van der Waals surface area contributed by atoms with Crippen LogP contribution in [0.5, 0.6) is 0 Å². The van der Waals surface area contributed by atoms with Crippen molar-refractivity contribution in [3.05, 3.63) is 35.9 Å². The van der Waals surface area contributed by atoms with Crippen LogP contribution in [0.4, 0.5) is 0 Å². The molecule has 0 radical (unpaired) electrons. The Hall–Kier alpha value is -1.97. The fraction of sp³-hybridized carbons (Fsp3) is 0.100. The van der Waals surface area contributed by atoms with Crippen LogP contribution in [0.25, 0.3) is 11.6 Å². The second-order valence-corrected chi connectivity index (χ2v) is 2.89. The first-order valence-corrected chi connectivity index (χ1v) is 4.13. The van der Waals surface area contributed by atoms with Gasteiger partial charge >= 0.3 is 0 Å². The maximum atomic E-state index is 10.4. The monoisotopic (exact) mass is 188 g/mol. The lowest BCUT2D eigenvalue weighted by atomic mass is 10.2. The van der Waals surface area contributed by atoms with Gasteiger partial charge in [-0.2, -0.15) is 0 Å². The molecular formula is C10H8N2O2. The van der Waals surface area contributed by atoms with E-state index in [9.17, 15) is 4.79 Å². The highest BCUT2D eigenvalue weighted by atomic mass is 16.3. The molecule has 2 aromatic heterocycles. The van der Waals surface area contributed by atoms with Gasteiger partial charge in [0.15, 0.2) is 17.9 Å². The quantitative estimate of drug-likeness (QED) is 0.675. The molecule has 0 N–H and O–H groups in total. The predicted molar refractivity (Wildman–Crippen MR) is 49.9 cm³/mol. The van der Waals surface area contributed by atoms with Crippen LogP contribution in [0.15, 0.2) is 29.1 Å². The van der Waals surface area contributed by atoms with E-state index in [1.165, 1.54) is 12.4 Å². The van der Waals surface area contributed by atoms with E-state index in [0.717, 1.165) is 5.56 Å². The van der Waals surface area contributed by atoms with Crippen molar-refractivity contribution in [1.29, 1.82) is 0 Å². The molecule has 4 heteroatoms. The van der Waals surface area contributed by atoms with Gasteiger partial charge in [0.25, 0.3) is 0 Å². The summed E-state index contributed by atoms with van der Waals surface area (Å²) in [7, 11) is 0. The molecule has 0 spiro atoms. The van der Waals surface area contributed by atoms with Crippen LogP contribution in [0, 0.1) is 6.92 Å². The van der Waals surface area contributed by atoms with E-state index in [4.69, 9.17) is 4.42 Å². The van der Waals surface area contributed by atoms with Gasteiger partial charge in [-0.1, -0.05) is 0 Å². The molecule has 14 heavy (non-hydrogen) atoms. The van der Waals surface area contributed by atoms with Crippen molar-refractivity contribution in [2.45, 2.75) is 6.92 Å². The molecule has 4 nitrogen and oxygen atoms in total. The van der Waals surface area contributed by atoms with Gasteiger partial charge in [-0.05, 0) is 18.6 Å². The molecule has 2 aromatic rings. The maximum absolute atomic E-state index is 10.4. The average Bonchev–Trinajstić information content (AvgIpc) is 2.65. The lowest BCUT2D eigenvalue weighted by molar-refractivity contribution is 0.112. The van der Waals surface area contributed by atoms with Crippen LogP contribution in [0.3, 0.4) is 0 Å². The number of carbonyl (C=O) groups is 1. The van der Waals surface area contributed by atoms with Crippen LogP contribution in [0.1, 0.15) is 15.9 Å². The summed E-state index contributed by atoms with van der Waals surface area (Å²) >= 11 is 0. The Labute approximate surface area is 80.6 Å². The van der Waals surface area contributed by atoms with Crippen LogP contribution < -0.4 is 0 Å². The molecule has 2 rings (SSSR count). The van der Waals surface area contributed by atoms with E-state index < -0.39 is 0 Å². The molecule has 0 saturated carbocycles. The number of carbonyl (C=O) groups excluding carboxylic acids is 1. The fourth-order valence-corrected chi connectivity index (χ4v) is 1.12. The molecule has 0 aromatic carbocycles. The average molecular weight is 188 g/mol. The number of furan rings is 1. The number of aldehydes is 1. The molecule has 2 heterocycles. The zero-order valence-corrected chi connectivity index (χ0v) is 7.60. The maximum Gasteiger partial charge on any atom is 0.195 e. The SMILES string of the molecule is Cc1ccoc1-c1ncc(C=O)cn1. The van der Waals surface area contributed by atoms with E-state index in [1.54, 1.807) is 6.26 Å². The summed E-state index contributed by atoms with van der Waals surface area (Å²) in [5.41, 5.74) is 1.43. The largest absolute Gasteiger partial charge is 0.461 e. The normalized spacial score (nSPS) is 10.1. The van der Waals surface area contributed by atoms with E-state index in [0.29, 0.717) is 23.4 Å². The highest BCUT2D eigenvalue weighted by Gasteiger charge is 2.07. The third kappa shape index (κ3) is 1.42. The third-order valence-corrected chi connectivity index (χ3v) is 1.87. The Bertz CT molecular complexity index is 445. The van der Waals surface area contributed by atoms with Gasteiger partial charge < -0.3 is 4.42 Å². The topological polar surface area (TPSA) is 56.0 Å². The summed E-state index contributed by atoms with van der Waals surface area (Å²) in [6.45, 7) is 1.91. The van der Waals surface area contributed by atoms with Gasteiger partial charge in [-0.25, -0.2) is 9.97 Å². The van der Waals surface area contributed by atoms with Crippen molar-refractivity contribution < 1.29 is 9.21 Å². The second-order valence-electron chi connectivity index (χ2n) is 2.89. The molecule has 0 aliphatic carbocycles. The number of hydrogen-bond acceptors (Lipinski definition) is 4. The molecule has 0 atom stereocenters. The van der Waals surface area contributed by atoms with Crippen molar-refractivity contribution in [1.82, 2.24) is 9.97 Å². The van der Waals surface area contributed by atoms with Gasteiger partial charge in [0.05, 0.1) is 11.8 Å². The summed E-state index contributed by atoms with van der Waals surface area (Å²) in [5, 5.41) is 0. The summed E-state index contributed by atoms with van der Waals surface area (Å²) in [6, 6.07) is 1.84. The molecule has 0 unspecified atom stereocenters. The molecule has 70 valence electrons. The molecule has 0 fully saturated rings. The van der Waals surface area contributed by atoms with Gasteiger partial charge in [0, 0.05) is 12.4 Å². The summed E-state index contributed by atoms with van der Waals surface area (Å²) < 4.78 is 5.21. The molecule has 0 saturated heterocycles. The minimum atomic E-state index is 0.456. The zero-order chi connectivity index (χ0) is 9.97. The zero-order valence-electron chi connectivity index (χ0n) is 7.60. The first-order chi connectivity index (χ1) is 6.81. The number of rotatable bonds is 2. The van der Waals surface area contributed by atoms with Gasteiger partial charge in [-0.3, -0.25) is 4.79 Å². The molecule has 0 aliphatic heterocycles. The minimum Gasteiger partial charge on any atom is -0.461 e. The number of nitrogens with zero attached hydrogens (tertiary/aromatic N) is 2. The van der Waals surface area contributed by atoms with E-state index >= 15 is 0 Å². The number of aromatic nitrogens is 2. The van der Waals surface area contributed by atoms with E-state index in [1.807, 2.05) is 13.0 Å². The first kappa shape index (κ1) is 8.62. The Balaban J connectivity index is 2.43. The van der Waals surface area contributed by atoms with E-state index in [-0.39, 0.29) is 0 Å². The third-order valence-electron chi connectivity index (χ3n) is 1.87. The first-order valence-electron chi connectivity index (χ1n) is 4.13. The number of aryl methyl sites for hydroxylation is 1. The highest BCUT2D eigenvalue weighted by molar-refractivity contribution is 5.73. The summed E-state index contributed by atoms with van der Waals surface area (Å²) in [6.07, 6.45) is 5.23. The van der Waals surface area contributed by atoms with Crippen LogP contribution >= 0.6 is 0 Å². The number of hydrogen-bond donors (Lipinski definition) is 0. The summed E-state index contributed by atoms with van der Waals surface area (Å²) in [5.74, 6) is 1.14. The van der Waals surface area contributed by atoms with Crippen molar-refractivity contribution in [2.75, 3.05) is 0 Å².